The summed E-state index contributed by atoms with van der Waals surface area (Å²) >= 11 is 0. The summed E-state index contributed by atoms with van der Waals surface area (Å²) in [7, 11) is 2.03. The molecule has 2 nitrogen and oxygen atoms in total. The summed E-state index contributed by atoms with van der Waals surface area (Å²) in [5.74, 6) is 0. The van der Waals surface area contributed by atoms with Crippen molar-refractivity contribution in [3.05, 3.63) is 12.2 Å². The summed E-state index contributed by atoms with van der Waals surface area (Å²) in [5, 5.41) is 3.25. The van der Waals surface area contributed by atoms with Crippen molar-refractivity contribution in [2.45, 2.75) is 20.3 Å². The molecule has 1 aliphatic rings. The van der Waals surface area contributed by atoms with Gasteiger partial charge in [-0.2, -0.15) is 0 Å². The van der Waals surface area contributed by atoms with E-state index >= 15 is 0 Å². The van der Waals surface area contributed by atoms with Crippen molar-refractivity contribution in [2.24, 2.45) is 5.41 Å². The maximum Gasteiger partial charge on any atom is 0.0163 e. The smallest absolute Gasteiger partial charge is 0.0163 e. The van der Waals surface area contributed by atoms with E-state index in [0.717, 1.165) is 13.1 Å². The van der Waals surface area contributed by atoms with Gasteiger partial charge in [0.15, 0.2) is 0 Å². The Kier molecular flexibility index (Phi) is 3.94. The average molecular weight is 182 g/mol. The van der Waals surface area contributed by atoms with Gasteiger partial charge in [-0.3, -0.25) is 4.90 Å². The Morgan fingerprint density at radius 1 is 1.38 bits per heavy atom. The van der Waals surface area contributed by atoms with Crippen molar-refractivity contribution >= 4 is 0 Å². The molecule has 2 heteroatoms. The van der Waals surface area contributed by atoms with Crippen LogP contribution in [0.3, 0.4) is 0 Å². The van der Waals surface area contributed by atoms with E-state index in [0.29, 0.717) is 5.41 Å². The third kappa shape index (κ3) is 3.92. The predicted molar refractivity (Wildman–Crippen MR) is 57.9 cm³/mol. The first-order valence-electron chi connectivity index (χ1n) is 5.16. The molecule has 0 fully saturated rings. The van der Waals surface area contributed by atoms with Crippen molar-refractivity contribution in [1.29, 1.82) is 0 Å². The van der Waals surface area contributed by atoms with Gasteiger partial charge in [0, 0.05) is 26.2 Å². The Hall–Kier alpha value is -0.340. The van der Waals surface area contributed by atoms with Gasteiger partial charge in [-0.05, 0) is 18.9 Å². The highest BCUT2D eigenvalue weighted by Crippen LogP contribution is 2.16. The van der Waals surface area contributed by atoms with Crippen LogP contribution in [-0.2, 0) is 0 Å². The maximum absolute atomic E-state index is 3.25. The molecule has 76 valence electrons. The summed E-state index contributed by atoms with van der Waals surface area (Å²) in [6.45, 7) is 9.28. The molecule has 0 aliphatic carbocycles. The highest BCUT2D eigenvalue weighted by Gasteiger charge is 2.20. The van der Waals surface area contributed by atoms with Gasteiger partial charge in [0.25, 0.3) is 0 Å². The van der Waals surface area contributed by atoms with Crippen molar-refractivity contribution in [3.8, 4) is 0 Å². The zero-order valence-corrected chi connectivity index (χ0v) is 9.14. The number of nitrogens with zero attached hydrogens (tertiary/aromatic N) is 1. The van der Waals surface area contributed by atoms with Crippen molar-refractivity contribution < 1.29 is 0 Å². The Morgan fingerprint density at radius 3 is 2.69 bits per heavy atom. The maximum atomic E-state index is 3.25. The van der Waals surface area contributed by atoms with E-state index in [1.54, 1.807) is 0 Å². The van der Waals surface area contributed by atoms with Crippen LogP contribution in [0.2, 0.25) is 0 Å². The van der Waals surface area contributed by atoms with Crippen LogP contribution in [0.25, 0.3) is 0 Å². The molecule has 0 bridgehead atoms. The Labute approximate surface area is 82.0 Å². The van der Waals surface area contributed by atoms with Crippen LogP contribution < -0.4 is 5.32 Å². The minimum atomic E-state index is 0.389. The fraction of sp³-hybridized carbons (Fsp3) is 0.818. The van der Waals surface area contributed by atoms with E-state index in [4.69, 9.17) is 0 Å². The van der Waals surface area contributed by atoms with E-state index in [-0.39, 0.29) is 0 Å². The summed E-state index contributed by atoms with van der Waals surface area (Å²) in [5.41, 5.74) is 0.389. The first kappa shape index (κ1) is 10.7. The van der Waals surface area contributed by atoms with Crippen LogP contribution in [0.15, 0.2) is 12.2 Å². The number of hydrogen-bond donors (Lipinski definition) is 1. The largest absolute Gasteiger partial charge is 0.319 e. The van der Waals surface area contributed by atoms with Crippen molar-refractivity contribution in [2.75, 3.05) is 33.2 Å². The Balaban J connectivity index is 2.33. The molecule has 1 N–H and O–H groups in total. The molecule has 0 aromatic carbocycles. The van der Waals surface area contributed by atoms with Gasteiger partial charge >= 0.3 is 0 Å². The lowest BCUT2D eigenvalue weighted by Crippen LogP contribution is -2.40. The summed E-state index contributed by atoms with van der Waals surface area (Å²) in [6, 6.07) is 0. The minimum Gasteiger partial charge on any atom is -0.319 e. The lowest BCUT2D eigenvalue weighted by atomic mass is 9.92. The van der Waals surface area contributed by atoms with Gasteiger partial charge in [0.2, 0.25) is 0 Å². The lowest BCUT2D eigenvalue weighted by molar-refractivity contribution is 0.188. The first-order valence-corrected chi connectivity index (χ1v) is 5.16. The molecule has 0 amide bonds. The zero-order chi connectivity index (χ0) is 9.73. The molecular formula is C11H22N2. The summed E-state index contributed by atoms with van der Waals surface area (Å²) < 4.78 is 0. The van der Waals surface area contributed by atoms with Crippen LogP contribution in [0.5, 0.6) is 0 Å². The van der Waals surface area contributed by atoms with Gasteiger partial charge in [-0.15, -0.1) is 0 Å². The standard InChI is InChI=1S/C11H22N2/c1-11(2,9-12-3)10-13-7-5-4-6-8-13/h4-5,12H,6-10H2,1-3H3. The van der Waals surface area contributed by atoms with Crippen LogP contribution >= 0.6 is 0 Å². The monoisotopic (exact) mass is 182 g/mol. The Morgan fingerprint density at radius 2 is 2.15 bits per heavy atom. The fourth-order valence-corrected chi connectivity index (χ4v) is 1.97. The lowest BCUT2D eigenvalue weighted by Gasteiger charge is -2.33. The molecule has 0 atom stereocenters. The molecular weight excluding hydrogens is 160 g/mol. The van der Waals surface area contributed by atoms with Gasteiger partial charge in [0.05, 0.1) is 0 Å². The molecule has 13 heavy (non-hydrogen) atoms. The topological polar surface area (TPSA) is 15.3 Å². The van der Waals surface area contributed by atoms with Gasteiger partial charge in [-0.25, -0.2) is 0 Å². The molecule has 0 aromatic heterocycles. The summed E-state index contributed by atoms with van der Waals surface area (Å²) in [4.78, 5) is 2.53. The minimum absolute atomic E-state index is 0.389. The van der Waals surface area contributed by atoms with Crippen LogP contribution in [0, 0.1) is 5.41 Å². The normalized spacial score (nSPS) is 19.3. The SMILES string of the molecule is CNCC(C)(C)CN1CC=CCC1. The molecule has 0 saturated carbocycles. The molecule has 0 saturated heterocycles. The fourth-order valence-electron chi connectivity index (χ4n) is 1.97. The average Bonchev–Trinajstić information content (AvgIpc) is 2.04. The second-order valence-electron chi connectivity index (χ2n) is 4.69. The van der Waals surface area contributed by atoms with Gasteiger partial charge < -0.3 is 5.32 Å². The molecule has 0 spiro atoms. The van der Waals surface area contributed by atoms with E-state index < -0.39 is 0 Å². The number of rotatable bonds is 4. The Bertz CT molecular complexity index is 173. The van der Waals surface area contributed by atoms with Crippen molar-refractivity contribution in [1.82, 2.24) is 10.2 Å². The third-order valence-electron chi connectivity index (χ3n) is 2.45. The van der Waals surface area contributed by atoms with E-state index in [1.807, 2.05) is 7.05 Å². The molecule has 0 aromatic rings. The predicted octanol–water partition coefficient (Wildman–Crippen LogP) is 1.49. The molecule has 0 unspecified atom stereocenters. The second kappa shape index (κ2) is 4.77. The summed E-state index contributed by atoms with van der Waals surface area (Å²) in [6.07, 6.45) is 5.77. The number of nitrogens with one attached hydrogen (secondary N) is 1. The van der Waals surface area contributed by atoms with Gasteiger partial charge in [-0.1, -0.05) is 26.0 Å². The molecule has 1 aliphatic heterocycles. The van der Waals surface area contributed by atoms with Gasteiger partial charge in [0.1, 0.15) is 0 Å². The van der Waals surface area contributed by atoms with E-state index in [2.05, 4.69) is 36.2 Å². The quantitative estimate of drug-likeness (QED) is 0.663. The van der Waals surface area contributed by atoms with E-state index in [1.165, 1.54) is 19.5 Å². The van der Waals surface area contributed by atoms with Crippen LogP contribution in [-0.4, -0.2) is 38.1 Å². The van der Waals surface area contributed by atoms with Crippen LogP contribution in [0.1, 0.15) is 20.3 Å². The molecule has 1 heterocycles. The second-order valence-corrected chi connectivity index (χ2v) is 4.69. The van der Waals surface area contributed by atoms with Crippen molar-refractivity contribution in [3.63, 3.8) is 0 Å². The van der Waals surface area contributed by atoms with E-state index in [9.17, 15) is 0 Å². The molecule has 1 rings (SSSR count). The molecule has 0 radical (unpaired) electrons. The number of hydrogen-bond acceptors (Lipinski definition) is 2. The highest BCUT2D eigenvalue weighted by molar-refractivity contribution is 4.92. The highest BCUT2D eigenvalue weighted by atomic mass is 15.1. The first-order chi connectivity index (χ1) is 6.14. The third-order valence-corrected chi connectivity index (χ3v) is 2.45. The zero-order valence-electron chi connectivity index (χ0n) is 9.14. The van der Waals surface area contributed by atoms with Crippen LogP contribution in [0.4, 0.5) is 0 Å².